The molecule has 0 unspecified atom stereocenters. The molecule has 1 aliphatic rings. The third-order valence-electron chi connectivity index (χ3n) is 2.47. The van der Waals surface area contributed by atoms with E-state index in [1.165, 1.54) is 18.2 Å². The van der Waals surface area contributed by atoms with Gasteiger partial charge in [0.25, 0.3) is 0 Å². The van der Waals surface area contributed by atoms with E-state index in [1.807, 2.05) is 6.07 Å². The standard InChI is InChI=1S/C11H11FN2O.ClH/c12-9-2-1-8(6-13)10(5-9)15-7-11(14)3-4-11;/h1-2,5H,3-4,7,14H2;1H. The quantitative estimate of drug-likeness (QED) is 0.882. The molecule has 1 aromatic rings. The van der Waals surface area contributed by atoms with Crippen molar-refractivity contribution < 1.29 is 9.13 Å². The Morgan fingerprint density at radius 2 is 2.19 bits per heavy atom. The zero-order valence-electron chi connectivity index (χ0n) is 8.57. The highest BCUT2D eigenvalue weighted by Crippen LogP contribution is 2.33. The van der Waals surface area contributed by atoms with Gasteiger partial charge < -0.3 is 10.5 Å². The Bertz CT molecular complexity index is 426. The van der Waals surface area contributed by atoms with Gasteiger partial charge in [0, 0.05) is 6.07 Å². The summed E-state index contributed by atoms with van der Waals surface area (Å²) in [6, 6.07) is 5.80. The lowest BCUT2D eigenvalue weighted by Crippen LogP contribution is -2.29. The molecule has 0 aliphatic heterocycles. The number of nitrogens with zero attached hydrogens (tertiary/aromatic N) is 1. The van der Waals surface area contributed by atoms with Gasteiger partial charge in [-0.25, -0.2) is 4.39 Å². The molecule has 0 heterocycles. The number of hydrogen-bond acceptors (Lipinski definition) is 3. The Labute approximate surface area is 99.4 Å². The molecule has 2 N–H and O–H groups in total. The molecule has 0 spiro atoms. The van der Waals surface area contributed by atoms with Crippen molar-refractivity contribution in [3.63, 3.8) is 0 Å². The lowest BCUT2D eigenvalue weighted by molar-refractivity contribution is 0.277. The van der Waals surface area contributed by atoms with Gasteiger partial charge in [0.05, 0.1) is 11.1 Å². The van der Waals surface area contributed by atoms with Crippen LogP contribution < -0.4 is 10.5 Å². The summed E-state index contributed by atoms with van der Waals surface area (Å²) in [5.74, 6) is -0.139. The molecule has 0 saturated heterocycles. The number of benzene rings is 1. The highest BCUT2D eigenvalue weighted by atomic mass is 35.5. The fourth-order valence-corrected chi connectivity index (χ4v) is 1.23. The van der Waals surface area contributed by atoms with Crippen LogP contribution in [0.4, 0.5) is 4.39 Å². The molecule has 0 radical (unpaired) electrons. The van der Waals surface area contributed by atoms with Crippen molar-refractivity contribution in [2.45, 2.75) is 18.4 Å². The minimum absolute atomic E-state index is 0. The van der Waals surface area contributed by atoms with Crippen LogP contribution in [0.1, 0.15) is 18.4 Å². The summed E-state index contributed by atoms with van der Waals surface area (Å²) in [6.45, 7) is 0.338. The van der Waals surface area contributed by atoms with Crippen LogP contribution in [0.2, 0.25) is 0 Å². The summed E-state index contributed by atoms with van der Waals surface area (Å²) in [7, 11) is 0. The number of halogens is 2. The second-order valence-corrected chi connectivity index (χ2v) is 3.90. The summed E-state index contributed by atoms with van der Waals surface area (Å²) in [5, 5.41) is 8.77. The third kappa shape index (κ3) is 2.84. The first kappa shape index (κ1) is 12.8. The van der Waals surface area contributed by atoms with E-state index in [2.05, 4.69) is 0 Å². The van der Waals surface area contributed by atoms with Crippen molar-refractivity contribution >= 4 is 12.4 Å². The minimum atomic E-state index is -0.411. The first-order valence-corrected chi connectivity index (χ1v) is 4.74. The maximum absolute atomic E-state index is 12.9. The molecular formula is C11H12ClFN2O. The van der Waals surface area contributed by atoms with E-state index in [4.69, 9.17) is 15.7 Å². The second kappa shape index (κ2) is 4.69. The SMILES string of the molecule is Cl.N#Cc1ccc(F)cc1OCC1(N)CC1. The van der Waals surface area contributed by atoms with Gasteiger partial charge in [0.15, 0.2) is 0 Å². The molecule has 2 rings (SSSR count). The maximum Gasteiger partial charge on any atom is 0.140 e. The van der Waals surface area contributed by atoms with Crippen LogP contribution >= 0.6 is 12.4 Å². The molecule has 0 amide bonds. The van der Waals surface area contributed by atoms with Crippen molar-refractivity contribution in [1.82, 2.24) is 0 Å². The van der Waals surface area contributed by atoms with Crippen LogP contribution in [0.15, 0.2) is 18.2 Å². The number of ether oxygens (including phenoxy) is 1. The van der Waals surface area contributed by atoms with Gasteiger partial charge in [-0.2, -0.15) is 5.26 Å². The summed E-state index contributed by atoms with van der Waals surface area (Å²) >= 11 is 0. The lowest BCUT2D eigenvalue weighted by Gasteiger charge is -2.11. The molecule has 1 aromatic carbocycles. The lowest BCUT2D eigenvalue weighted by atomic mass is 10.2. The molecule has 1 saturated carbocycles. The van der Waals surface area contributed by atoms with Gasteiger partial charge in [-0.15, -0.1) is 12.4 Å². The first-order valence-electron chi connectivity index (χ1n) is 4.74. The van der Waals surface area contributed by atoms with Gasteiger partial charge in [0.2, 0.25) is 0 Å². The first-order chi connectivity index (χ1) is 7.13. The summed E-state index contributed by atoms with van der Waals surface area (Å²) in [4.78, 5) is 0. The predicted molar refractivity (Wildman–Crippen MR) is 60.0 cm³/mol. The number of rotatable bonds is 3. The van der Waals surface area contributed by atoms with Crippen molar-refractivity contribution in [1.29, 1.82) is 5.26 Å². The summed E-state index contributed by atoms with van der Waals surface area (Å²) in [5.41, 5.74) is 5.89. The van der Waals surface area contributed by atoms with Gasteiger partial charge in [-0.3, -0.25) is 0 Å². The molecule has 1 aliphatic carbocycles. The minimum Gasteiger partial charge on any atom is -0.490 e. The summed E-state index contributed by atoms with van der Waals surface area (Å²) < 4.78 is 18.2. The molecule has 5 heteroatoms. The molecule has 86 valence electrons. The van der Waals surface area contributed by atoms with Crippen molar-refractivity contribution in [2.24, 2.45) is 5.73 Å². The molecule has 3 nitrogen and oxygen atoms in total. The van der Waals surface area contributed by atoms with Crippen LogP contribution in [0.5, 0.6) is 5.75 Å². The van der Waals surface area contributed by atoms with Crippen molar-refractivity contribution in [3.8, 4) is 11.8 Å². The zero-order chi connectivity index (χ0) is 10.9. The zero-order valence-corrected chi connectivity index (χ0v) is 9.39. The third-order valence-corrected chi connectivity index (χ3v) is 2.47. The number of hydrogen-bond donors (Lipinski definition) is 1. The van der Waals surface area contributed by atoms with E-state index in [1.54, 1.807) is 0 Å². The van der Waals surface area contributed by atoms with E-state index in [0.29, 0.717) is 12.2 Å². The van der Waals surface area contributed by atoms with Crippen LogP contribution in [-0.2, 0) is 0 Å². The largest absolute Gasteiger partial charge is 0.490 e. The van der Waals surface area contributed by atoms with E-state index in [0.717, 1.165) is 12.8 Å². The molecule has 0 bridgehead atoms. The number of nitriles is 1. The van der Waals surface area contributed by atoms with Gasteiger partial charge in [-0.1, -0.05) is 0 Å². The van der Waals surface area contributed by atoms with Crippen molar-refractivity contribution in [3.05, 3.63) is 29.6 Å². The van der Waals surface area contributed by atoms with Crippen LogP contribution in [0, 0.1) is 17.1 Å². The van der Waals surface area contributed by atoms with Crippen LogP contribution in [-0.4, -0.2) is 12.1 Å². The fraction of sp³-hybridized carbons (Fsp3) is 0.364. The summed E-state index contributed by atoms with van der Waals surface area (Å²) in [6.07, 6.45) is 1.84. The Morgan fingerprint density at radius 1 is 1.50 bits per heavy atom. The van der Waals surface area contributed by atoms with E-state index < -0.39 is 5.82 Å². The molecule has 1 fully saturated rings. The topological polar surface area (TPSA) is 59.0 Å². The number of nitrogens with two attached hydrogens (primary N) is 1. The van der Waals surface area contributed by atoms with Crippen LogP contribution in [0.3, 0.4) is 0 Å². The van der Waals surface area contributed by atoms with E-state index >= 15 is 0 Å². The van der Waals surface area contributed by atoms with Gasteiger partial charge in [0.1, 0.15) is 24.2 Å². The maximum atomic E-state index is 12.9. The molecule has 0 atom stereocenters. The molecular weight excluding hydrogens is 231 g/mol. The van der Waals surface area contributed by atoms with Gasteiger partial charge >= 0.3 is 0 Å². The smallest absolute Gasteiger partial charge is 0.140 e. The molecule has 0 aromatic heterocycles. The van der Waals surface area contributed by atoms with E-state index in [9.17, 15) is 4.39 Å². The normalized spacial score (nSPS) is 15.8. The average molecular weight is 243 g/mol. The Kier molecular flexibility index (Phi) is 3.74. The average Bonchev–Trinajstić information content (AvgIpc) is 2.95. The van der Waals surface area contributed by atoms with E-state index in [-0.39, 0.29) is 23.7 Å². The Hall–Kier alpha value is -1.31. The monoisotopic (exact) mass is 242 g/mol. The Morgan fingerprint density at radius 3 is 2.75 bits per heavy atom. The van der Waals surface area contributed by atoms with Crippen molar-refractivity contribution in [2.75, 3.05) is 6.61 Å². The molecule has 16 heavy (non-hydrogen) atoms. The fourth-order valence-electron chi connectivity index (χ4n) is 1.23. The second-order valence-electron chi connectivity index (χ2n) is 3.90. The highest BCUT2D eigenvalue weighted by molar-refractivity contribution is 5.85. The van der Waals surface area contributed by atoms with Gasteiger partial charge in [-0.05, 0) is 25.0 Å². The van der Waals surface area contributed by atoms with Crippen LogP contribution in [0.25, 0.3) is 0 Å². The predicted octanol–water partition coefficient (Wildman–Crippen LogP) is 1.99. The Balaban J connectivity index is 0.00000128. The highest BCUT2D eigenvalue weighted by Gasteiger charge is 2.39.